The molecule has 0 saturated heterocycles. The fourth-order valence-corrected chi connectivity index (χ4v) is 2.53. The molecule has 0 radical (unpaired) electrons. The third-order valence-electron chi connectivity index (χ3n) is 3.86. The molecule has 1 aromatic rings. The van der Waals surface area contributed by atoms with Crippen LogP contribution in [-0.2, 0) is 17.6 Å². The lowest BCUT2D eigenvalue weighted by Crippen LogP contribution is -2.39. The SMILES string of the molecule is CCN(CC)CCNC(=O)C1CCc2n[nH]nc2C1. The molecule has 1 aromatic heterocycles. The number of aryl methyl sites for hydroxylation is 1. The van der Waals surface area contributed by atoms with Crippen LogP contribution >= 0.6 is 0 Å². The van der Waals surface area contributed by atoms with E-state index >= 15 is 0 Å². The summed E-state index contributed by atoms with van der Waals surface area (Å²) in [6.07, 6.45) is 2.43. The van der Waals surface area contributed by atoms with Crippen LogP contribution in [0.15, 0.2) is 0 Å². The fraction of sp³-hybridized carbons (Fsp3) is 0.769. The van der Waals surface area contributed by atoms with Crippen LogP contribution < -0.4 is 5.32 Å². The van der Waals surface area contributed by atoms with Crippen molar-refractivity contribution in [3.63, 3.8) is 0 Å². The first-order valence-electron chi connectivity index (χ1n) is 7.13. The molecule has 1 atom stereocenters. The molecule has 2 rings (SSSR count). The number of aromatic nitrogens is 3. The zero-order valence-corrected chi connectivity index (χ0v) is 11.8. The Morgan fingerprint density at radius 1 is 1.37 bits per heavy atom. The lowest BCUT2D eigenvalue weighted by molar-refractivity contribution is -0.125. The summed E-state index contributed by atoms with van der Waals surface area (Å²) in [7, 11) is 0. The monoisotopic (exact) mass is 265 g/mol. The van der Waals surface area contributed by atoms with Crippen molar-refractivity contribution in [1.29, 1.82) is 0 Å². The number of hydrogen-bond acceptors (Lipinski definition) is 4. The van der Waals surface area contributed by atoms with Gasteiger partial charge in [0.15, 0.2) is 0 Å². The number of rotatable bonds is 6. The second-order valence-corrected chi connectivity index (χ2v) is 4.97. The molecule has 1 unspecified atom stereocenters. The molecule has 1 aliphatic rings. The van der Waals surface area contributed by atoms with E-state index in [0.717, 1.165) is 50.4 Å². The van der Waals surface area contributed by atoms with Crippen LogP contribution in [0.4, 0.5) is 0 Å². The van der Waals surface area contributed by atoms with Crippen molar-refractivity contribution in [2.75, 3.05) is 26.2 Å². The number of H-pyrrole nitrogens is 1. The van der Waals surface area contributed by atoms with Gasteiger partial charge in [-0.25, -0.2) is 0 Å². The number of carbonyl (C=O) groups is 1. The molecule has 0 saturated carbocycles. The van der Waals surface area contributed by atoms with Crippen LogP contribution in [0.2, 0.25) is 0 Å². The van der Waals surface area contributed by atoms with E-state index in [0.29, 0.717) is 6.42 Å². The van der Waals surface area contributed by atoms with Gasteiger partial charge in [0, 0.05) is 25.4 Å². The largest absolute Gasteiger partial charge is 0.355 e. The van der Waals surface area contributed by atoms with Crippen molar-refractivity contribution < 1.29 is 4.79 Å². The average Bonchev–Trinajstić information content (AvgIpc) is 2.90. The van der Waals surface area contributed by atoms with Gasteiger partial charge in [0.05, 0.1) is 11.4 Å². The number of likely N-dealkylation sites (N-methyl/N-ethyl adjacent to an activating group) is 1. The Hall–Kier alpha value is -1.43. The van der Waals surface area contributed by atoms with E-state index in [2.05, 4.69) is 39.5 Å². The summed E-state index contributed by atoms with van der Waals surface area (Å²) < 4.78 is 0. The van der Waals surface area contributed by atoms with E-state index in [1.807, 2.05) is 0 Å². The quantitative estimate of drug-likeness (QED) is 0.779. The second-order valence-electron chi connectivity index (χ2n) is 4.97. The minimum absolute atomic E-state index is 0.0503. The van der Waals surface area contributed by atoms with E-state index in [9.17, 15) is 4.79 Å². The molecule has 2 N–H and O–H groups in total. The summed E-state index contributed by atoms with van der Waals surface area (Å²) >= 11 is 0. The van der Waals surface area contributed by atoms with Crippen molar-refractivity contribution in [1.82, 2.24) is 25.6 Å². The standard InChI is InChI=1S/C13H23N5O/c1-3-18(4-2)8-7-14-13(19)10-5-6-11-12(9-10)16-17-15-11/h10H,3-9H2,1-2H3,(H,14,19)(H,15,16,17). The Balaban J connectivity index is 1.75. The van der Waals surface area contributed by atoms with E-state index in [1.165, 1.54) is 0 Å². The van der Waals surface area contributed by atoms with Gasteiger partial charge < -0.3 is 10.2 Å². The fourth-order valence-electron chi connectivity index (χ4n) is 2.53. The lowest BCUT2D eigenvalue weighted by atomic mass is 9.89. The lowest BCUT2D eigenvalue weighted by Gasteiger charge is -2.21. The minimum atomic E-state index is 0.0503. The van der Waals surface area contributed by atoms with Gasteiger partial charge >= 0.3 is 0 Å². The summed E-state index contributed by atoms with van der Waals surface area (Å²) in [5, 5.41) is 13.9. The normalized spacial score (nSPS) is 18.4. The van der Waals surface area contributed by atoms with Crippen molar-refractivity contribution in [2.45, 2.75) is 33.1 Å². The number of hydrogen-bond donors (Lipinski definition) is 2. The molecule has 0 aromatic carbocycles. The molecule has 1 aliphatic carbocycles. The van der Waals surface area contributed by atoms with Crippen LogP contribution in [0.5, 0.6) is 0 Å². The van der Waals surface area contributed by atoms with Gasteiger partial charge in [-0.1, -0.05) is 13.8 Å². The van der Waals surface area contributed by atoms with Crippen molar-refractivity contribution in [2.24, 2.45) is 5.92 Å². The van der Waals surface area contributed by atoms with Crippen LogP contribution in [-0.4, -0.2) is 52.4 Å². The Kier molecular flexibility index (Phi) is 4.90. The first-order chi connectivity index (χ1) is 9.24. The number of carbonyl (C=O) groups excluding carboxylic acids is 1. The number of nitrogens with one attached hydrogen (secondary N) is 2. The molecular weight excluding hydrogens is 242 g/mol. The maximum Gasteiger partial charge on any atom is 0.223 e. The first kappa shape index (κ1) is 14.0. The molecule has 1 heterocycles. The maximum atomic E-state index is 12.1. The first-order valence-corrected chi connectivity index (χ1v) is 7.13. The summed E-state index contributed by atoms with van der Waals surface area (Å²) in [5.74, 6) is 0.204. The third-order valence-corrected chi connectivity index (χ3v) is 3.86. The Morgan fingerprint density at radius 2 is 2.11 bits per heavy atom. The predicted octanol–water partition coefficient (Wildman–Crippen LogP) is 0.368. The van der Waals surface area contributed by atoms with Crippen LogP contribution in [0.1, 0.15) is 31.7 Å². The second kappa shape index (κ2) is 6.65. The highest BCUT2D eigenvalue weighted by Crippen LogP contribution is 2.22. The smallest absolute Gasteiger partial charge is 0.223 e. The van der Waals surface area contributed by atoms with Crippen molar-refractivity contribution in [3.8, 4) is 0 Å². The van der Waals surface area contributed by atoms with Crippen LogP contribution in [0.25, 0.3) is 0 Å². The summed E-state index contributed by atoms with van der Waals surface area (Å²) in [6, 6.07) is 0. The molecule has 19 heavy (non-hydrogen) atoms. The molecule has 0 spiro atoms. The summed E-state index contributed by atoms with van der Waals surface area (Å²) in [5.41, 5.74) is 1.97. The van der Waals surface area contributed by atoms with Crippen LogP contribution in [0, 0.1) is 5.92 Å². The van der Waals surface area contributed by atoms with Gasteiger partial charge in [0.25, 0.3) is 0 Å². The van der Waals surface area contributed by atoms with E-state index in [1.54, 1.807) is 0 Å². The zero-order chi connectivity index (χ0) is 13.7. The molecule has 0 aliphatic heterocycles. The highest BCUT2D eigenvalue weighted by Gasteiger charge is 2.26. The number of amides is 1. The van der Waals surface area contributed by atoms with Gasteiger partial charge in [-0.05, 0) is 25.9 Å². The van der Waals surface area contributed by atoms with E-state index in [-0.39, 0.29) is 11.8 Å². The summed E-state index contributed by atoms with van der Waals surface area (Å²) in [6.45, 7) is 7.97. The number of fused-ring (bicyclic) bond motifs is 1. The van der Waals surface area contributed by atoms with Gasteiger partial charge in [0.2, 0.25) is 5.91 Å². The van der Waals surface area contributed by atoms with Crippen molar-refractivity contribution in [3.05, 3.63) is 11.4 Å². The van der Waals surface area contributed by atoms with Gasteiger partial charge in [-0.2, -0.15) is 15.4 Å². The number of aromatic amines is 1. The predicted molar refractivity (Wildman–Crippen MR) is 72.7 cm³/mol. The molecule has 6 nitrogen and oxygen atoms in total. The molecule has 1 amide bonds. The van der Waals surface area contributed by atoms with Gasteiger partial charge in [0.1, 0.15) is 0 Å². The highest BCUT2D eigenvalue weighted by atomic mass is 16.1. The average molecular weight is 265 g/mol. The number of nitrogens with zero attached hydrogens (tertiary/aromatic N) is 3. The molecule has 0 fully saturated rings. The molecular formula is C13H23N5O. The molecule has 6 heteroatoms. The Labute approximate surface area is 113 Å². The minimum Gasteiger partial charge on any atom is -0.355 e. The topological polar surface area (TPSA) is 73.9 Å². The molecule has 106 valence electrons. The zero-order valence-electron chi connectivity index (χ0n) is 11.8. The van der Waals surface area contributed by atoms with E-state index in [4.69, 9.17) is 0 Å². The molecule has 0 bridgehead atoms. The summed E-state index contributed by atoms with van der Waals surface area (Å²) in [4.78, 5) is 14.4. The van der Waals surface area contributed by atoms with E-state index < -0.39 is 0 Å². The highest BCUT2D eigenvalue weighted by molar-refractivity contribution is 5.79. The van der Waals surface area contributed by atoms with Gasteiger partial charge in [-0.3, -0.25) is 4.79 Å². The maximum absolute atomic E-state index is 12.1. The van der Waals surface area contributed by atoms with Crippen LogP contribution in [0.3, 0.4) is 0 Å². The van der Waals surface area contributed by atoms with Crippen molar-refractivity contribution >= 4 is 5.91 Å². The van der Waals surface area contributed by atoms with Gasteiger partial charge in [-0.15, -0.1) is 0 Å². The third kappa shape index (κ3) is 3.53. The Bertz CT molecular complexity index is 413. The Morgan fingerprint density at radius 3 is 2.84 bits per heavy atom.